The Kier molecular flexibility index (Phi) is 4.05. The Labute approximate surface area is 146 Å². The lowest BCUT2D eigenvalue weighted by atomic mass is 9.97. The number of carbonyl (C=O) groups excluding carboxylic acids is 1. The van der Waals surface area contributed by atoms with Gasteiger partial charge in [-0.05, 0) is 23.8 Å². The standard InChI is InChI=1S/C22H18N2O/c25-22(17-11-5-2-6-12-17)24-21(16-9-3-1-4-10-16)19-15-23-20-14-8-7-13-18(19)20/h1-15,21,23H,(H,24,25). The number of hydrogen-bond donors (Lipinski definition) is 2. The van der Waals surface area contributed by atoms with Crippen molar-refractivity contribution in [1.29, 1.82) is 0 Å². The van der Waals surface area contributed by atoms with Gasteiger partial charge in [-0.2, -0.15) is 0 Å². The predicted octanol–water partition coefficient (Wildman–Crippen LogP) is 4.69. The molecule has 4 rings (SSSR count). The second-order valence-corrected chi connectivity index (χ2v) is 5.97. The van der Waals surface area contributed by atoms with E-state index in [1.165, 1.54) is 0 Å². The number of H-pyrrole nitrogens is 1. The van der Waals surface area contributed by atoms with E-state index in [9.17, 15) is 4.79 Å². The Morgan fingerprint density at radius 2 is 1.44 bits per heavy atom. The Bertz CT molecular complexity index is 990. The fourth-order valence-corrected chi connectivity index (χ4v) is 3.12. The smallest absolute Gasteiger partial charge is 0.252 e. The van der Waals surface area contributed by atoms with Crippen molar-refractivity contribution in [3.63, 3.8) is 0 Å². The molecule has 1 amide bonds. The number of fused-ring (bicyclic) bond motifs is 1. The van der Waals surface area contributed by atoms with Crippen LogP contribution >= 0.6 is 0 Å². The molecule has 122 valence electrons. The van der Waals surface area contributed by atoms with Gasteiger partial charge >= 0.3 is 0 Å². The number of rotatable bonds is 4. The SMILES string of the molecule is O=C(NC(c1ccccc1)c1c[nH]c2ccccc12)c1ccccc1. The van der Waals surface area contributed by atoms with Crippen LogP contribution in [0.2, 0.25) is 0 Å². The van der Waals surface area contributed by atoms with Crippen molar-refractivity contribution in [3.05, 3.63) is 108 Å². The largest absolute Gasteiger partial charge is 0.361 e. The highest BCUT2D eigenvalue weighted by molar-refractivity contribution is 5.95. The summed E-state index contributed by atoms with van der Waals surface area (Å²) in [6.45, 7) is 0. The summed E-state index contributed by atoms with van der Waals surface area (Å²) in [5.41, 5.74) is 3.83. The van der Waals surface area contributed by atoms with E-state index < -0.39 is 0 Å². The number of amides is 1. The van der Waals surface area contributed by atoms with Crippen molar-refractivity contribution in [1.82, 2.24) is 10.3 Å². The average Bonchev–Trinajstić information content (AvgIpc) is 3.11. The molecule has 3 heteroatoms. The Hall–Kier alpha value is -3.33. The Morgan fingerprint density at radius 3 is 2.20 bits per heavy atom. The average molecular weight is 326 g/mol. The molecule has 0 saturated heterocycles. The minimum Gasteiger partial charge on any atom is -0.361 e. The third-order valence-electron chi connectivity index (χ3n) is 4.38. The van der Waals surface area contributed by atoms with Crippen molar-refractivity contribution < 1.29 is 4.79 Å². The van der Waals surface area contributed by atoms with Crippen LogP contribution < -0.4 is 5.32 Å². The van der Waals surface area contributed by atoms with E-state index in [0.29, 0.717) is 5.56 Å². The summed E-state index contributed by atoms with van der Waals surface area (Å²) in [5.74, 6) is -0.0836. The van der Waals surface area contributed by atoms with Crippen LogP contribution in [0.5, 0.6) is 0 Å². The van der Waals surface area contributed by atoms with Crippen LogP contribution in [0.1, 0.15) is 27.5 Å². The van der Waals surface area contributed by atoms with E-state index in [0.717, 1.165) is 22.0 Å². The highest BCUT2D eigenvalue weighted by Crippen LogP contribution is 2.29. The topological polar surface area (TPSA) is 44.9 Å². The molecule has 0 radical (unpaired) electrons. The minimum absolute atomic E-state index is 0.0836. The van der Waals surface area contributed by atoms with E-state index in [1.54, 1.807) is 0 Å². The molecular weight excluding hydrogens is 308 g/mol. The fourth-order valence-electron chi connectivity index (χ4n) is 3.12. The van der Waals surface area contributed by atoms with Crippen LogP contribution in [-0.4, -0.2) is 10.9 Å². The van der Waals surface area contributed by atoms with Gasteiger partial charge in [-0.3, -0.25) is 4.79 Å². The van der Waals surface area contributed by atoms with Gasteiger partial charge in [0, 0.05) is 28.2 Å². The summed E-state index contributed by atoms with van der Waals surface area (Å²) < 4.78 is 0. The fraction of sp³-hybridized carbons (Fsp3) is 0.0455. The van der Waals surface area contributed by atoms with Gasteiger partial charge in [0.05, 0.1) is 6.04 Å². The molecule has 0 saturated carbocycles. The molecule has 4 aromatic rings. The van der Waals surface area contributed by atoms with Crippen molar-refractivity contribution >= 4 is 16.8 Å². The summed E-state index contributed by atoms with van der Waals surface area (Å²) >= 11 is 0. The quantitative estimate of drug-likeness (QED) is 0.561. The summed E-state index contributed by atoms with van der Waals surface area (Å²) in [5, 5.41) is 4.30. The van der Waals surface area contributed by atoms with Gasteiger partial charge < -0.3 is 10.3 Å². The number of hydrogen-bond acceptors (Lipinski definition) is 1. The highest BCUT2D eigenvalue weighted by atomic mass is 16.1. The number of para-hydroxylation sites is 1. The molecule has 3 aromatic carbocycles. The van der Waals surface area contributed by atoms with Gasteiger partial charge in [0.2, 0.25) is 0 Å². The summed E-state index contributed by atoms with van der Waals surface area (Å²) in [4.78, 5) is 16.0. The molecule has 1 heterocycles. The van der Waals surface area contributed by atoms with Gasteiger partial charge in [-0.1, -0.05) is 66.7 Å². The van der Waals surface area contributed by atoms with Gasteiger partial charge in [-0.25, -0.2) is 0 Å². The molecule has 0 fully saturated rings. The van der Waals surface area contributed by atoms with Crippen LogP contribution in [0, 0.1) is 0 Å². The lowest BCUT2D eigenvalue weighted by molar-refractivity contribution is 0.0943. The lowest BCUT2D eigenvalue weighted by Crippen LogP contribution is -2.29. The number of carbonyl (C=O) groups is 1. The van der Waals surface area contributed by atoms with Crippen molar-refractivity contribution in [2.24, 2.45) is 0 Å². The molecule has 0 aliphatic heterocycles. The molecule has 3 nitrogen and oxygen atoms in total. The third-order valence-corrected chi connectivity index (χ3v) is 4.38. The molecule has 1 unspecified atom stereocenters. The first kappa shape index (κ1) is 15.2. The lowest BCUT2D eigenvalue weighted by Gasteiger charge is -2.19. The number of aromatic amines is 1. The van der Waals surface area contributed by atoms with Crippen LogP contribution in [0.4, 0.5) is 0 Å². The summed E-state index contributed by atoms with van der Waals surface area (Å²) in [7, 11) is 0. The van der Waals surface area contributed by atoms with Gasteiger partial charge in [0.1, 0.15) is 0 Å². The second-order valence-electron chi connectivity index (χ2n) is 5.97. The number of aromatic nitrogens is 1. The first-order valence-corrected chi connectivity index (χ1v) is 8.30. The molecular formula is C22H18N2O. The predicted molar refractivity (Wildman–Crippen MR) is 100 cm³/mol. The maximum atomic E-state index is 12.7. The van der Waals surface area contributed by atoms with E-state index in [4.69, 9.17) is 0 Å². The summed E-state index contributed by atoms with van der Waals surface area (Å²) in [6, 6.07) is 27.3. The van der Waals surface area contributed by atoms with E-state index in [2.05, 4.69) is 16.4 Å². The zero-order chi connectivity index (χ0) is 17.1. The van der Waals surface area contributed by atoms with Crippen LogP contribution in [0.15, 0.2) is 91.1 Å². The second kappa shape index (κ2) is 6.65. The van der Waals surface area contributed by atoms with Crippen molar-refractivity contribution in [2.75, 3.05) is 0 Å². The molecule has 1 atom stereocenters. The molecule has 0 aliphatic rings. The maximum absolute atomic E-state index is 12.7. The molecule has 0 aliphatic carbocycles. The molecule has 2 N–H and O–H groups in total. The van der Waals surface area contributed by atoms with E-state index in [-0.39, 0.29) is 11.9 Å². The van der Waals surface area contributed by atoms with Gasteiger partial charge in [0.25, 0.3) is 5.91 Å². The first-order chi connectivity index (χ1) is 12.3. The molecule has 1 aromatic heterocycles. The van der Waals surface area contributed by atoms with Crippen LogP contribution in [0.25, 0.3) is 10.9 Å². The molecule has 25 heavy (non-hydrogen) atoms. The van der Waals surface area contributed by atoms with Crippen molar-refractivity contribution in [2.45, 2.75) is 6.04 Å². The monoisotopic (exact) mass is 326 g/mol. The Balaban J connectivity index is 1.76. The van der Waals surface area contributed by atoms with Crippen molar-refractivity contribution in [3.8, 4) is 0 Å². The number of benzene rings is 3. The third kappa shape index (κ3) is 3.04. The van der Waals surface area contributed by atoms with Crippen LogP contribution in [-0.2, 0) is 0 Å². The zero-order valence-electron chi connectivity index (χ0n) is 13.6. The first-order valence-electron chi connectivity index (χ1n) is 8.30. The Morgan fingerprint density at radius 1 is 0.800 bits per heavy atom. The molecule has 0 spiro atoms. The minimum atomic E-state index is -0.218. The summed E-state index contributed by atoms with van der Waals surface area (Å²) in [6.07, 6.45) is 1.98. The zero-order valence-corrected chi connectivity index (χ0v) is 13.6. The highest BCUT2D eigenvalue weighted by Gasteiger charge is 2.20. The van der Waals surface area contributed by atoms with Crippen LogP contribution in [0.3, 0.4) is 0 Å². The van der Waals surface area contributed by atoms with Gasteiger partial charge in [-0.15, -0.1) is 0 Å². The van der Waals surface area contributed by atoms with Gasteiger partial charge in [0.15, 0.2) is 0 Å². The van der Waals surface area contributed by atoms with E-state index in [1.807, 2.05) is 85.1 Å². The maximum Gasteiger partial charge on any atom is 0.252 e. The van der Waals surface area contributed by atoms with E-state index >= 15 is 0 Å². The number of nitrogens with one attached hydrogen (secondary N) is 2. The normalized spacial score (nSPS) is 12.0. The molecule has 0 bridgehead atoms.